The predicted molar refractivity (Wildman–Crippen MR) is 102 cm³/mol. The smallest absolute Gasteiger partial charge is 0.338 e. The molecule has 27 heavy (non-hydrogen) atoms. The van der Waals surface area contributed by atoms with Gasteiger partial charge in [-0.3, -0.25) is 10.1 Å². The highest BCUT2D eigenvalue weighted by Crippen LogP contribution is 2.51. The largest absolute Gasteiger partial charge is 0.465 e. The SMILES string of the molecule is COC(=O)c1ccc2c(c1C)NC(c1ccc([N+](=O)[O-])cc1)C1CC=CC21. The minimum absolute atomic E-state index is 0.0184. The van der Waals surface area contributed by atoms with E-state index in [9.17, 15) is 14.9 Å². The number of benzene rings is 2. The number of ether oxygens (including phenoxy) is 1. The molecule has 0 bridgehead atoms. The average Bonchev–Trinajstić information content (AvgIpc) is 3.17. The van der Waals surface area contributed by atoms with Crippen molar-refractivity contribution in [3.05, 3.63) is 80.9 Å². The van der Waals surface area contributed by atoms with Crippen molar-refractivity contribution >= 4 is 17.3 Å². The molecule has 1 aliphatic heterocycles. The Morgan fingerprint density at radius 3 is 2.63 bits per heavy atom. The van der Waals surface area contributed by atoms with Gasteiger partial charge >= 0.3 is 5.97 Å². The van der Waals surface area contributed by atoms with Gasteiger partial charge in [-0.2, -0.15) is 0 Å². The van der Waals surface area contributed by atoms with Crippen LogP contribution < -0.4 is 5.32 Å². The van der Waals surface area contributed by atoms with Crippen molar-refractivity contribution in [1.29, 1.82) is 0 Å². The molecule has 0 fully saturated rings. The Labute approximate surface area is 157 Å². The zero-order valence-electron chi connectivity index (χ0n) is 15.1. The van der Waals surface area contributed by atoms with E-state index in [1.165, 1.54) is 12.7 Å². The molecule has 0 saturated carbocycles. The summed E-state index contributed by atoms with van der Waals surface area (Å²) in [6, 6.07) is 10.6. The third kappa shape index (κ3) is 2.77. The number of hydrogen-bond donors (Lipinski definition) is 1. The number of fused-ring (bicyclic) bond motifs is 3. The van der Waals surface area contributed by atoms with Crippen LogP contribution in [0.5, 0.6) is 0 Å². The Bertz CT molecular complexity index is 949. The molecule has 2 aromatic rings. The Morgan fingerprint density at radius 1 is 1.22 bits per heavy atom. The van der Waals surface area contributed by atoms with Crippen LogP contribution in [0.3, 0.4) is 0 Å². The average molecular weight is 364 g/mol. The van der Waals surface area contributed by atoms with Gasteiger partial charge < -0.3 is 10.1 Å². The van der Waals surface area contributed by atoms with Gasteiger partial charge in [-0.05, 0) is 42.0 Å². The van der Waals surface area contributed by atoms with Crippen LogP contribution >= 0.6 is 0 Å². The van der Waals surface area contributed by atoms with Crippen LogP contribution in [0.15, 0.2) is 48.6 Å². The Balaban J connectivity index is 1.77. The molecule has 4 rings (SSSR count). The van der Waals surface area contributed by atoms with E-state index in [1.54, 1.807) is 12.1 Å². The lowest BCUT2D eigenvalue weighted by molar-refractivity contribution is -0.384. The number of carbonyl (C=O) groups excluding carboxylic acids is 1. The lowest BCUT2D eigenvalue weighted by atomic mass is 9.76. The normalized spacial score (nSPS) is 22.5. The number of esters is 1. The first-order valence-corrected chi connectivity index (χ1v) is 8.90. The first-order valence-electron chi connectivity index (χ1n) is 8.90. The second-order valence-electron chi connectivity index (χ2n) is 7.02. The Hall–Kier alpha value is -3.15. The van der Waals surface area contributed by atoms with Crippen LogP contribution in [0, 0.1) is 23.0 Å². The van der Waals surface area contributed by atoms with Gasteiger partial charge in [-0.25, -0.2) is 4.79 Å². The second-order valence-corrected chi connectivity index (χ2v) is 7.02. The molecule has 0 saturated heterocycles. The van der Waals surface area contributed by atoms with Crippen LogP contribution in [0.1, 0.15) is 45.4 Å². The summed E-state index contributed by atoms with van der Waals surface area (Å²) >= 11 is 0. The van der Waals surface area contributed by atoms with Gasteiger partial charge in [0.15, 0.2) is 0 Å². The quantitative estimate of drug-likeness (QED) is 0.375. The van der Waals surface area contributed by atoms with Gasteiger partial charge in [-0.15, -0.1) is 0 Å². The number of carbonyl (C=O) groups is 1. The first kappa shape index (κ1) is 17.3. The highest BCUT2D eigenvalue weighted by atomic mass is 16.6. The fraction of sp³-hybridized carbons (Fsp3) is 0.286. The Kier molecular flexibility index (Phi) is 4.18. The van der Waals surface area contributed by atoms with Crippen LogP contribution in [-0.2, 0) is 4.74 Å². The maximum absolute atomic E-state index is 12.1. The van der Waals surface area contributed by atoms with Crippen molar-refractivity contribution in [2.24, 2.45) is 5.92 Å². The third-order valence-corrected chi connectivity index (χ3v) is 5.67. The molecule has 2 aliphatic rings. The summed E-state index contributed by atoms with van der Waals surface area (Å²) in [7, 11) is 1.38. The third-order valence-electron chi connectivity index (χ3n) is 5.67. The minimum atomic E-state index is -0.389. The summed E-state index contributed by atoms with van der Waals surface area (Å²) in [6.07, 6.45) is 5.35. The van der Waals surface area contributed by atoms with Gasteiger partial charge in [0, 0.05) is 23.7 Å². The number of nitrogens with zero attached hydrogens (tertiary/aromatic N) is 1. The van der Waals surface area contributed by atoms with Crippen LogP contribution in [-0.4, -0.2) is 18.0 Å². The zero-order valence-corrected chi connectivity index (χ0v) is 15.1. The molecule has 0 spiro atoms. The lowest BCUT2D eigenvalue weighted by Gasteiger charge is -2.38. The van der Waals surface area contributed by atoms with E-state index in [0.29, 0.717) is 11.5 Å². The summed E-state index contributed by atoms with van der Waals surface area (Å²) in [4.78, 5) is 22.6. The highest BCUT2D eigenvalue weighted by Gasteiger charge is 2.39. The van der Waals surface area contributed by atoms with Crippen LogP contribution in [0.4, 0.5) is 11.4 Å². The van der Waals surface area contributed by atoms with Crippen molar-refractivity contribution in [3.63, 3.8) is 0 Å². The number of non-ortho nitro benzene ring substituents is 1. The second kappa shape index (κ2) is 6.54. The molecule has 0 amide bonds. The number of methoxy groups -OCH3 is 1. The topological polar surface area (TPSA) is 81.5 Å². The molecule has 1 aliphatic carbocycles. The number of nitro benzene ring substituents is 1. The number of nitrogens with one attached hydrogen (secondary N) is 1. The molecular formula is C21H20N2O4. The van der Waals surface area contributed by atoms with Gasteiger partial charge in [-0.1, -0.05) is 30.4 Å². The highest BCUT2D eigenvalue weighted by molar-refractivity contribution is 5.93. The van der Waals surface area contributed by atoms with Crippen LogP contribution in [0.25, 0.3) is 0 Å². The van der Waals surface area contributed by atoms with Crippen molar-refractivity contribution in [2.75, 3.05) is 12.4 Å². The van der Waals surface area contributed by atoms with Crippen molar-refractivity contribution in [1.82, 2.24) is 0 Å². The van der Waals surface area contributed by atoms with E-state index < -0.39 is 0 Å². The maximum Gasteiger partial charge on any atom is 0.338 e. The predicted octanol–water partition coefficient (Wildman–Crippen LogP) is 4.52. The molecule has 0 aromatic heterocycles. The van der Waals surface area contributed by atoms with Crippen molar-refractivity contribution in [2.45, 2.75) is 25.3 Å². The standard InChI is InChI=1S/C21H20N2O4/c1-12-15(21(24)27-2)10-11-18-16-4-3-5-17(16)20(22-19(12)18)13-6-8-14(9-7-13)23(25)26/h3-4,6-11,16-17,20,22H,5H2,1-2H3. The van der Waals surface area contributed by atoms with Gasteiger partial charge in [0.2, 0.25) is 0 Å². The zero-order chi connectivity index (χ0) is 19.1. The first-order chi connectivity index (χ1) is 13.0. The number of rotatable bonds is 3. The number of nitro groups is 1. The molecule has 3 unspecified atom stereocenters. The van der Waals surface area contributed by atoms with E-state index in [-0.39, 0.29) is 28.5 Å². The molecule has 3 atom stereocenters. The summed E-state index contributed by atoms with van der Waals surface area (Å²) in [5.41, 5.74) is 4.63. The number of anilines is 1. The molecule has 0 radical (unpaired) electrons. The molecule has 6 nitrogen and oxygen atoms in total. The van der Waals surface area contributed by atoms with Gasteiger partial charge in [0.25, 0.3) is 5.69 Å². The molecule has 1 N–H and O–H groups in total. The monoisotopic (exact) mass is 364 g/mol. The van der Waals surface area contributed by atoms with Crippen molar-refractivity contribution < 1.29 is 14.5 Å². The maximum atomic E-state index is 12.1. The fourth-order valence-corrected chi connectivity index (χ4v) is 4.28. The molecule has 2 aromatic carbocycles. The van der Waals surface area contributed by atoms with Gasteiger partial charge in [0.1, 0.15) is 0 Å². The summed E-state index contributed by atoms with van der Waals surface area (Å²) in [5.74, 6) is 0.238. The summed E-state index contributed by atoms with van der Waals surface area (Å²) < 4.78 is 4.90. The van der Waals surface area contributed by atoms with E-state index >= 15 is 0 Å². The van der Waals surface area contributed by atoms with E-state index in [1.807, 2.05) is 31.2 Å². The van der Waals surface area contributed by atoms with Crippen LogP contribution in [0.2, 0.25) is 0 Å². The molecule has 138 valence electrons. The molecule has 1 heterocycles. The molecular weight excluding hydrogens is 344 g/mol. The van der Waals surface area contributed by atoms with E-state index in [4.69, 9.17) is 4.74 Å². The number of allylic oxidation sites excluding steroid dienone is 2. The fourth-order valence-electron chi connectivity index (χ4n) is 4.28. The van der Waals surface area contributed by atoms with E-state index in [2.05, 4.69) is 17.5 Å². The van der Waals surface area contributed by atoms with Gasteiger partial charge in [0.05, 0.1) is 23.6 Å². The summed E-state index contributed by atoms with van der Waals surface area (Å²) in [6.45, 7) is 1.92. The number of hydrogen-bond acceptors (Lipinski definition) is 5. The summed E-state index contributed by atoms with van der Waals surface area (Å²) in [5, 5.41) is 14.5. The lowest BCUT2D eigenvalue weighted by Crippen LogP contribution is -2.30. The molecule has 6 heteroatoms. The van der Waals surface area contributed by atoms with E-state index in [0.717, 1.165) is 23.2 Å². The minimum Gasteiger partial charge on any atom is -0.465 e. The van der Waals surface area contributed by atoms with Crippen molar-refractivity contribution in [3.8, 4) is 0 Å². The Morgan fingerprint density at radius 2 is 1.96 bits per heavy atom.